The molecule has 0 saturated carbocycles. The predicted molar refractivity (Wildman–Crippen MR) is 84.5 cm³/mol. The van der Waals surface area contributed by atoms with E-state index in [1.54, 1.807) is 25.1 Å². The van der Waals surface area contributed by atoms with E-state index in [2.05, 4.69) is 16.6 Å². The Morgan fingerprint density at radius 1 is 1.33 bits per heavy atom. The van der Waals surface area contributed by atoms with Crippen molar-refractivity contribution in [3.63, 3.8) is 0 Å². The van der Waals surface area contributed by atoms with Crippen LogP contribution in [0, 0.1) is 18.8 Å². The molecule has 0 radical (unpaired) electrons. The van der Waals surface area contributed by atoms with E-state index in [1.807, 2.05) is 20.8 Å². The van der Waals surface area contributed by atoms with Crippen LogP contribution in [0.2, 0.25) is 0 Å². The maximum Gasteiger partial charge on any atom is 0.241 e. The summed E-state index contributed by atoms with van der Waals surface area (Å²) in [7, 11) is -3.58. The van der Waals surface area contributed by atoms with Gasteiger partial charge in [0.25, 0.3) is 0 Å². The third kappa shape index (κ3) is 5.16. The topological polar surface area (TPSA) is 66.4 Å². The number of aliphatic hydroxyl groups excluding tert-OH is 1. The van der Waals surface area contributed by atoms with Crippen LogP contribution in [0.3, 0.4) is 0 Å². The van der Waals surface area contributed by atoms with E-state index < -0.39 is 15.6 Å². The van der Waals surface area contributed by atoms with Crippen molar-refractivity contribution in [2.75, 3.05) is 6.61 Å². The summed E-state index contributed by atoms with van der Waals surface area (Å²) in [6, 6.07) is 5.11. The molecule has 4 nitrogen and oxygen atoms in total. The summed E-state index contributed by atoms with van der Waals surface area (Å²) >= 11 is 0. The summed E-state index contributed by atoms with van der Waals surface area (Å²) < 4.78 is 27.7. The first-order chi connectivity index (χ1) is 9.72. The minimum atomic E-state index is -3.58. The standard InChI is InChI=1S/C16H23NO3S/c1-5-16(3,4)17-21(19,20)15-12-14(8-6-7-11-18)10-9-13(15)2/h9-10,12,17-18H,5,7,11H2,1-4H3. The normalized spacial score (nSPS) is 11.9. The molecule has 0 atom stereocenters. The van der Waals surface area contributed by atoms with Crippen molar-refractivity contribution in [3.8, 4) is 11.8 Å². The highest BCUT2D eigenvalue weighted by molar-refractivity contribution is 7.89. The number of hydrogen-bond donors (Lipinski definition) is 2. The van der Waals surface area contributed by atoms with Gasteiger partial charge in [-0.15, -0.1) is 0 Å². The Bertz CT molecular complexity index is 652. The van der Waals surface area contributed by atoms with Crippen LogP contribution in [0.1, 0.15) is 44.7 Å². The zero-order valence-corrected chi connectivity index (χ0v) is 13.8. The third-order valence-corrected chi connectivity index (χ3v) is 5.08. The Morgan fingerprint density at radius 2 is 2.00 bits per heavy atom. The second-order valence-electron chi connectivity index (χ2n) is 5.60. The predicted octanol–water partition coefficient (Wildman–Crippen LogP) is 2.20. The Balaban J connectivity index is 3.18. The Morgan fingerprint density at radius 3 is 2.57 bits per heavy atom. The summed E-state index contributed by atoms with van der Waals surface area (Å²) in [5.41, 5.74) is 0.815. The molecule has 0 aromatic heterocycles. The first kappa shape index (κ1) is 17.7. The number of benzene rings is 1. The van der Waals surface area contributed by atoms with Crippen molar-refractivity contribution in [2.24, 2.45) is 0 Å². The fourth-order valence-electron chi connectivity index (χ4n) is 1.68. The van der Waals surface area contributed by atoms with Crippen LogP contribution < -0.4 is 4.72 Å². The molecule has 1 aromatic carbocycles. The monoisotopic (exact) mass is 309 g/mol. The van der Waals surface area contributed by atoms with Crippen LogP contribution in [0.5, 0.6) is 0 Å². The molecule has 0 amide bonds. The fraction of sp³-hybridized carbons (Fsp3) is 0.500. The van der Waals surface area contributed by atoms with Crippen molar-refractivity contribution in [2.45, 2.75) is 51.0 Å². The van der Waals surface area contributed by atoms with Crippen molar-refractivity contribution < 1.29 is 13.5 Å². The highest BCUT2D eigenvalue weighted by atomic mass is 32.2. The van der Waals surface area contributed by atoms with Crippen molar-refractivity contribution in [1.29, 1.82) is 0 Å². The molecule has 21 heavy (non-hydrogen) atoms. The molecule has 1 aromatic rings. The lowest BCUT2D eigenvalue weighted by Crippen LogP contribution is -2.42. The second-order valence-corrected chi connectivity index (χ2v) is 7.25. The molecule has 0 heterocycles. The van der Waals surface area contributed by atoms with Crippen LogP contribution in [-0.4, -0.2) is 25.7 Å². The maximum absolute atomic E-state index is 12.5. The summed E-state index contributed by atoms with van der Waals surface area (Å²) in [6.07, 6.45) is 1.07. The summed E-state index contributed by atoms with van der Waals surface area (Å²) in [6.45, 7) is 7.40. The molecule has 0 unspecified atom stereocenters. The summed E-state index contributed by atoms with van der Waals surface area (Å²) in [5.74, 6) is 5.65. The number of rotatable bonds is 5. The van der Waals surface area contributed by atoms with Gasteiger partial charge < -0.3 is 5.11 Å². The lowest BCUT2D eigenvalue weighted by atomic mass is 10.0. The molecule has 0 saturated heterocycles. The van der Waals surface area contributed by atoms with E-state index in [4.69, 9.17) is 5.11 Å². The van der Waals surface area contributed by atoms with Crippen molar-refractivity contribution in [3.05, 3.63) is 29.3 Å². The smallest absolute Gasteiger partial charge is 0.241 e. The van der Waals surface area contributed by atoms with Gasteiger partial charge in [0.05, 0.1) is 11.5 Å². The van der Waals surface area contributed by atoms with Gasteiger partial charge in [-0.3, -0.25) is 0 Å². The van der Waals surface area contributed by atoms with Gasteiger partial charge in [-0.25, -0.2) is 13.1 Å². The fourth-order valence-corrected chi connectivity index (χ4v) is 3.43. The van der Waals surface area contributed by atoms with Gasteiger partial charge in [0.1, 0.15) is 0 Å². The molecule has 0 bridgehead atoms. The molecule has 2 N–H and O–H groups in total. The molecule has 0 spiro atoms. The SMILES string of the molecule is CCC(C)(C)NS(=O)(=O)c1cc(C#CCCO)ccc1C. The Hall–Kier alpha value is -1.35. The van der Waals surface area contributed by atoms with E-state index in [0.717, 1.165) is 0 Å². The Kier molecular flexibility index (Phi) is 5.97. The van der Waals surface area contributed by atoms with E-state index in [0.29, 0.717) is 24.0 Å². The van der Waals surface area contributed by atoms with E-state index in [1.165, 1.54) is 0 Å². The van der Waals surface area contributed by atoms with Gasteiger partial charge in [0.2, 0.25) is 10.0 Å². The summed E-state index contributed by atoms with van der Waals surface area (Å²) in [5, 5.41) is 8.72. The highest BCUT2D eigenvalue weighted by Gasteiger charge is 2.25. The zero-order chi connectivity index (χ0) is 16.1. The van der Waals surface area contributed by atoms with Crippen LogP contribution in [0.25, 0.3) is 0 Å². The minimum absolute atomic E-state index is 0.00371. The van der Waals surface area contributed by atoms with Gasteiger partial charge in [-0.1, -0.05) is 24.8 Å². The molecule has 0 aliphatic heterocycles. The highest BCUT2D eigenvalue weighted by Crippen LogP contribution is 2.20. The maximum atomic E-state index is 12.5. The lowest BCUT2D eigenvalue weighted by Gasteiger charge is -2.24. The molecular formula is C16H23NO3S. The number of aliphatic hydroxyl groups is 1. The average molecular weight is 309 g/mol. The van der Waals surface area contributed by atoms with E-state index >= 15 is 0 Å². The number of aryl methyl sites for hydroxylation is 1. The lowest BCUT2D eigenvalue weighted by molar-refractivity contribution is 0.305. The number of nitrogens with one attached hydrogen (secondary N) is 1. The van der Waals surface area contributed by atoms with Crippen molar-refractivity contribution in [1.82, 2.24) is 4.72 Å². The van der Waals surface area contributed by atoms with Crippen molar-refractivity contribution >= 4 is 10.0 Å². The third-order valence-electron chi connectivity index (χ3n) is 3.24. The van der Waals surface area contributed by atoms with Crippen LogP contribution >= 0.6 is 0 Å². The first-order valence-corrected chi connectivity index (χ1v) is 8.44. The van der Waals surface area contributed by atoms with Gasteiger partial charge >= 0.3 is 0 Å². The van der Waals surface area contributed by atoms with Gasteiger partial charge in [0.15, 0.2) is 0 Å². The van der Waals surface area contributed by atoms with Crippen LogP contribution in [0.4, 0.5) is 0 Å². The molecule has 116 valence electrons. The summed E-state index contributed by atoms with van der Waals surface area (Å²) in [4.78, 5) is 0.250. The largest absolute Gasteiger partial charge is 0.395 e. The molecule has 0 aliphatic rings. The molecule has 0 fully saturated rings. The quantitative estimate of drug-likeness (QED) is 0.819. The average Bonchev–Trinajstić information content (AvgIpc) is 2.39. The van der Waals surface area contributed by atoms with Gasteiger partial charge in [-0.05, 0) is 44.9 Å². The second kappa shape index (κ2) is 7.08. The van der Waals surface area contributed by atoms with Gasteiger partial charge in [0, 0.05) is 17.5 Å². The molecule has 5 heteroatoms. The number of sulfonamides is 1. The molecular weight excluding hydrogens is 286 g/mol. The molecule has 0 aliphatic carbocycles. The minimum Gasteiger partial charge on any atom is -0.395 e. The van der Waals surface area contributed by atoms with E-state index in [9.17, 15) is 8.42 Å². The number of hydrogen-bond acceptors (Lipinski definition) is 3. The first-order valence-electron chi connectivity index (χ1n) is 6.96. The van der Waals surface area contributed by atoms with Crippen LogP contribution in [-0.2, 0) is 10.0 Å². The van der Waals surface area contributed by atoms with Crippen LogP contribution in [0.15, 0.2) is 23.1 Å². The zero-order valence-electron chi connectivity index (χ0n) is 13.0. The molecule has 1 rings (SSSR count). The van der Waals surface area contributed by atoms with E-state index in [-0.39, 0.29) is 11.5 Å². The Labute approximate surface area is 127 Å². The van der Waals surface area contributed by atoms with Gasteiger partial charge in [-0.2, -0.15) is 0 Å².